The largest absolute Gasteiger partial charge is 2.00 e. The number of nitrogens with zero attached hydrogens (tertiary/aromatic N) is 8. The van der Waals surface area contributed by atoms with Crippen molar-refractivity contribution >= 4 is 44.1 Å². The minimum atomic E-state index is 0. The van der Waals surface area contributed by atoms with Crippen LogP contribution in [0.1, 0.15) is 364 Å². The van der Waals surface area contributed by atoms with E-state index in [-0.39, 0.29) is 17.1 Å². The molecule has 9 rings (SSSR count). The molecule has 0 aliphatic carbocycles. The SMILES string of the molecule is CCCCCCCCOc1cc2c(cc1OCCCCCCCC)-c1nc-2nc2[n-]c(nc3nc(nc4[n-]c(n1)c1cc(OCCCCCCCC)c(OCCCCCCCC)cc41)-c1cc(OCCCCCCCC)c(OCCCCCCCC)cc1-3)c1cc(OCCCCCCCC)c(OCCCCCCCC)cc21.[Cu+2]. The normalized spacial score (nSPS) is 11.7. The maximum Gasteiger partial charge on any atom is 2.00 e. The monoisotopic (exact) mass is 1600 g/mol. The maximum atomic E-state index is 6.89. The van der Waals surface area contributed by atoms with Crippen molar-refractivity contribution < 1.29 is 55.0 Å². The first-order chi connectivity index (χ1) is 55.3. The molecule has 0 fully saturated rings. The van der Waals surface area contributed by atoms with Gasteiger partial charge in [0, 0.05) is 44.8 Å². The molecule has 0 atom stereocenters. The van der Waals surface area contributed by atoms with Crippen molar-refractivity contribution in [1.29, 1.82) is 0 Å². The number of hydrogen-bond acceptors (Lipinski definition) is 14. The molecular weight excluding hydrogens is 1460 g/mol. The van der Waals surface area contributed by atoms with Crippen LogP contribution in [0.25, 0.3) is 89.7 Å². The molecule has 4 aromatic carbocycles. The van der Waals surface area contributed by atoms with E-state index in [0.29, 0.717) is 145 Å². The van der Waals surface area contributed by atoms with Crippen LogP contribution < -0.4 is 47.9 Å². The number of rotatable bonds is 64. The van der Waals surface area contributed by atoms with Crippen molar-refractivity contribution in [2.24, 2.45) is 0 Å². The van der Waals surface area contributed by atoms with E-state index in [4.69, 9.17) is 77.8 Å². The van der Waals surface area contributed by atoms with Gasteiger partial charge in [-0.25, -0.2) is 9.97 Å². The van der Waals surface area contributed by atoms with Crippen LogP contribution in [-0.2, 0) is 17.1 Å². The van der Waals surface area contributed by atoms with Gasteiger partial charge in [-0.2, -0.15) is 0 Å². The minimum Gasteiger partial charge on any atom is -0.490 e. The Morgan fingerprint density at radius 2 is 0.327 bits per heavy atom. The smallest absolute Gasteiger partial charge is 0.490 e. The maximum absolute atomic E-state index is 6.89. The third kappa shape index (κ3) is 30.0. The number of hydrogen-bond donors (Lipinski definition) is 0. The molecule has 0 saturated heterocycles. The van der Waals surface area contributed by atoms with Crippen molar-refractivity contribution in [2.45, 2.75) is 364 Å². The van der Waals surface area contributed by atoms with Gasteiger partial charge in [-0.3, -0.25) is 0 Å². The van der Waals surface area contributed by atoms with Crippen LogP contribution >= 0.6 is 0 Å². The van der Waals surface area contributed by atoms with Gasteiger partial charge in [-0.15, -0.1) is 0 Å². The van der Waals surface area contributed by atoms with Gasteiger partial charge in [-0.1, -0.05) is 312 Å². The summed E-state index contributed by atoms with van der Waals surface area (Å²) < 4.78 is 55.1. The van der Waals surface area contributed by atoms with Gasteiger partial charge in [0.1, 0.15) is 0 Å². The van der Waals surface area contributed by atoms with Crippen LogP contribution in [0.15, 0.2) is 48.5 Å². The van der Waals surface area contributed by atoms with Crippen LogP contribution in [0.2, 0.25) is 0 Å². The molecule has 16 nitrogen and oxygen atoms in total. The fraction of sp³-hybridized carbons (Fsp3) is 0.667. The molecule has 627 valence electrons. The molecule has 2 aliphatic rings. The second-order valence-corrected chi connectivity index (χ2v) is 31.8. The molecule has 2 aliphatic heterocycles. The molecule has 0 amide bonds. The average molecular weight is 1600 g/mol. The molecule has 8 bridgehead atoms. The molecule has 0 saturated carbocycles. The molecular formula is C96H144CuN8O8. The van der Waals surface area contributed by atoms with E-state index in [0.717, 1.165) is 147 Å². The Morgan fingerprint density at radius 1 is 0.186 bits per heavy atom. The average Bonchev–Trinajstić information content (AvgIpc) is 1.62. The van der Waals surface area contributed by atoms with Crippen LogP contribution in [0.4, 0.5) is 0 Å². The van der Waals surface area contributed by atoms with Gasteiger partial charge in [0.25, 0.3) is 0 Å². The molecule has 3 aromatic heterocycles. The fourth-order valence-corrected chi connectivity index (χ4v) is 15.1. The Balaban J connectivity index is 0.0000160. The van der Waals surface area contributed by atoms with Gasteiger partial charge < -0.3 is 67.8 Å². The van der Waals surface area contributed by atoms with Gasteiger partial charge in [0.15, 0.2) is 46.0 Å². The molecule has 0 spiro atoms. The van der Waals surface area contributed by atoms with E-state index >= 15 is 0 Å². The number of fused-ring (bicyclic) bond motifs is 20. The zero-order chi connectivity index (χ0) is 78.4. The molecule has 1 radical (unpaired) electrons. The molecule has 7 aromatic rings. The zero-order valence-electron chi connectivity index (χ0n) is 71.4. The first kappa shape index (κ1) is 91.7. The van der Waals surface area contributed by atoms with E-state index in [9.17, 15) is 0 Å². The standard InChI is InChI=1S/C96H144N8O8.Cu/c1-9-17-25-33-41-49-57-105-81-65-73-74(66-82(81)106-58-50-42-34-26-18-10-2)90-97-89(73)101-91-75-67-83(107-59-51-43-35-27-19-11-3)84(108-60-52-44-36-28-20-12-4)68-76(75)93(98-91)103-95-79-71-87(111-63-55-47-39-31-23-15-7)88(112-64-56-48-40-32-24-16-8)72-80(79)96(100-95)104-94-78-70-86(110-62-54-46-38-30-22-14-6)85(69-77(78)92(99-94)102-90)109-61-53-45-37-29-21-13-5;/h65-72H,9-64H2,1-8H3;/q-2;+2. The second-order valence-electron chi connectivity index (χ2n) is 31.8. The first-order valence-electron chi connectivity index (χ1n) is 45.8. The van der Waals surface area contributed by atoms with Crippen LogP contribution in [0.5, 0.6) is 46.0 Å². The van der Waals surface area contributed by atoms with Crippen molar-refractivity contribution in [1.82, 2.24) is 39.9 Å². The summed E-state index contributed by atoms with van der Waals surface area (Å²) in [5, 5.41) is 2.97. The third-order valence-electron chi connectivity index (χ3n) is 22.0. The zero-order valence-corrected chi connectivity index (χ0v) is 72.3. The summed E-state index contributed by atoms with van der Waals surface area (Å²) in [5.41, 5.74) is 4.65. The molecule has 0 unspecified atom stereocenters. The van der Waals surface area contributed by atoms with E-state index < -0.39 is 0 Å². The Bertz CT molecular complexity index is 3510. The van der Waals surface area contributed by atoms with E-state index in [1.54, 1.807) is 0 Å². The van der Waals surface area contributed by atoms with E-state index in [1.165, 1.54) is 205 Å². The van der Waals surface area contributed by atoms with Gasteiger partial charge >= 0.3 is 17.1 Å². The summed E-state index contributed by atoms with van der Waals surface area (Å²) in [6.45, 7) is 22.5. The van der Waals surface area contributed by atoms with Crippen LogP contribution in [-0.4, -0.2) is 82.8 Å². The topological polar surface area (TPSA) is 179 Å². The molecule has 17 heteroatoms. The summed E-state index contributed by atoms with van der Waals surface area (Å²) >= 11 is 0. The number of benzene rings is 4. The summed E-state index contributed by atoms with van der Waals surface area (Å²) in [6, 6.07) is 16.6. The molecule has 0 N–H and O–H groups in total. The Labute approximate surface area is 691 Å². The second kappa shape index (κ2) is 54.1. The Morgan fingerprint density at radius 3 is 0.487 bits per heavy atom. The first-order valence-corrected chi connectivity index (χ1v) is 45.8. The Hall–Kier alpha value is -6.84. The number of ether oxygens (including phenoxy) is 8. The third-order valence-corrected chi connectivity index (χ3v) is 22.0. The van der Waals surface area contributed by atoms with Crippen molar-refractivity contribution in [3.63, 3.8) is 0 Å². The predicted molar refractivity (Wildman–Crippen MR) is 465 cm³/mol. The van der Waals surface area contributed by atoms with Crippen molar-refractivity contribution in [3.8, 4) is 91.5 Å². The summed E-state index contributed by atoms with van der Waals surface area (Å²) in [7, 11) is 0. The van der Waals surface area contributed by atoms with Gasteiger partial charge in [0.2, 0.25) is 0 Å². The van der Waals surface area contributed by atoms with Gasteiger partial charge in [0.05, 0.1) is 76.2 Å². The van der Waals surface area contributed by atoms with Crippen molar-refractivity contribution in [3.05, 3.63) is 48.5 Å². The van der Waals surface area contributed by atoms with Crippen LogP contribution in [0.3, 0.4) is 0 Å². The van der Waals surface area contributed by atoms with Crippen molar-refractivity contribution in [2.75, 3.05) is 52.9 Å². The van der Waals surface area contributed by atoms with E-state index in [2.05, 4.69) is 104 Å². The molecule has 113 heavy (non-hydrogen) atoms. The number of aromatic nitrogens is 8. The summed E-state index contributed by atoms with van der Waals surface area (Å²) in [5.74, 6) is 6.88. The van der Waals surface area contributed by atoms with Gasteiger partial charge in [-0.05, 0) is 121 Å². The number of unbranched alkanes of at least 4 members (excludes halogenated alkanes) is 40. The molecule has 5 heterocycles. The van der Waals surface area contributed by atoms with Crippen LogP contribution in [0, 0.1) is 0 Å². The van der Waals surface area contributed by atoms with E-state index in [1.807, 2.05) is 0 Å². The minimum absolute atomic E-state index is 0. The Kier molecular flexibility index (Phi) is 43.9. The fourth-order valence-electron chi connectivity index (χ4n) is 15.1. The summed E-state index contributed by atoms with van der Waals surface area (Å²) in [4.78, 5) is 44.5. The summed E-state index contributed by atoms with van der Waals surface area (Å²) in [6.07, 6.45) is 54.9. The quantitative estimate of drug-likeness (QED) is 0.0259. The predicted octanol–water partition coefficient (Wildman–Crippen LogP) is 28.0.